The molecule has 0 saturated carbocycles. The summed E-state index contributed by atoms with van der Waals surface area (Å²) >= 11 is 0. The van der Waals surface area contributed by atoms with Gasteiger partial charge in [-0.05, 0) is 62.9 Å². The Bertz CT molecular complexity index is 299. The van der Waals surface area contributed by atoms with E-state index in [4.69, 9.17) is 4.74 Å². The Morgan fingerprint density at radius 3 is 2.75 bits per heavy atom. The Labute approximate surface area is 98.0 Å². The summed E-state index contributed by atoms with van der Waals surface area (Å²) in [6.45, 7) is 5.09. The number of hydrogen-bond acceptors (Lipinski definition) is 2. The van der Waals surface area contributed by atoms with Crippen LogP contribution in [-0.4, -0.2) is 19.7 Å². The molecule has 2 nitrogen and oxygen atoms in total. The summed E-state index contributed by atoms with van der Waals surface area (Å²) in [6.07, 6.45) is 3.85. The molecule has 0 spiro atoms. The van der Waals surface area contributed by atoms with Crippen molar-refractivity contribution in [2.45, 2.75) is 32.1 Å². The van der Waals surface area contributed by atoms with Crippen molar-refractivity contribution in [3.63, 3.8) is 0 Å². The van der Waals surface area contributed by atoms with E-state index >= 15 is 0 Å². The molecule has 1 saturated heterocycles. The van der Waals surface area contributed by atoms with Gasteiger partial charge in [0.15, 0.2) is 0 Å². The van der Waals surface area contributed by atoms with Crippen LogP contribution in [0.2, 0.25) is 0 Å². The summed E-state index contributed by atoms with van der Waals surface area (Å²) in [7, 11) is 0. The first-order chi connectivity index (χ1) is 7.90. The molecule has 0 aromatic heterocycles. The summed E-state index contributed by atoms with van der Waals surface area (Å²) in [5, 5.41) is 3.45. The molecule has 2 heteroatoms. The van der Waals surface area contributed by atoms with Gasteiger partial charge in [-0.15, -0.1) is 0 Å². The molecule has 1 fully saturated rings. The number of hydrogen-bond donors (Lipinski definition) is 1. The predicted molar refractivity (Wildman–Crippen MR) is 67.1 cm³/mol. The maximum absolute atomic E-state index is 5.46. The van der Waals surface area contributed by atoms with E-state index in [0.29, 0.717) is 0 Å². The molecule has 1 aromatic carbocycles. The predicted octanol–water partition coefficient (Wildman–Crippen LogP) is 2.94. The molecule has 0 aliphatic carbocycles. The monoisotopic (exact) mass is 219 g/mol. The number of rotatable bonds is 3. The van der Waals surface area contributed by atoms with Crippen molar-refractivity contribution in [1.82, 2.24) is 5.32 Å². The van der Waals surface area contributed by atoms with Gasteiger partial charge in [0.1, 0.15) is 5.75 Å². The van der Waals surface area contributed by atoms with Crippen molar-refractivity contribution in [2.24, 2.45) is 0 Å². The van der Waals surface area contributed by atoms with E-state index in [1.54, 1.807) is 0 Å². The zero-order chi connectivity index (χ0) is 11.2. The average Bonchev–Trinajstić information content (AvgIpc) is 2.59. The van der Waals surface area contributed by atoms with Gasteiger partial charge in [0.25, 0.3) is 0 Å². The third-order valence-corrected chi connectivity index (χ3v) is 3.24. The molecule has 1 N–H and O–H groups in total. The van der Waals surface area contributed by atoms with Gasteiger partial charge in [0, 0.05) is 0 Å². The second-order valence-corrected chi connectivity index (χ2v) is 4.38. The van der Waals surface area contributed by atoms with Gasteiger partial charge in [-0.1, -0.05) is 12.1 Å². The molecular weight excluding hydrogens is 198 g/mol. The minimum absolute atomic E-state index is 0.727. The Balaban J connectivity index is 2.01. The largest absolute Gasteiger partial charge is 0.494 e. The van der Waals surface area contributed by atoms with Crippen LogP contribution in [0.5, 0.6) is 5.75 Å². The lowest BCUT2D eigenvalue weighted by atomic mass is 9.92. The standard InChI is InChI=1S/C14H21NO/c1-2-16-14-7-5-13(6-8-14)12-4-3-10-15-11-9-12/h5-8,12,15H,2-4,9-11H2,1H3. The van der Waals surface area contributed by atoms with Gasteiger partial charge in [-0.2, -0.15) is 0 Å². The van der Waals surface area contributed by atoms with Gasteiger partial charge in [0.2, 0.25) is 0 Å². The second-order valence-electron chi connectivity index (χ2n) is 4.38. The third kappa shape index (κ3) is 2.99. The zero-order valence-corrected chi connectivity index (χ0v) is 10.0. The summed E-state index contributed by atoms with van der Waals surface area (Å²) in [4.78, 5) is 0. The number of ether oxygens (including phenoxy) is 1. The van der Waals surface area contributed by atoms with E-state index in [-0.39, 0.29) is 0 Å². The van der Waals surface area contributed by atoms with Crippen LogP contribution >= 0.6 is 0 Å². The first-order valence-electron chi connectivity index (χ1n) is 6.33. The van der Waals surface area contributed by atoms with Gasteiger partial charge < -0.3 is 10.1 Å². The molecule has 16 heavy (non-hydrogen) atoms. The molecule has 1 heterocycles. The van der Waals surface area contributed by atoms with Crippen LogP contribution < -0.4 is 10.1 Å². The van der Waals surface area contributed by atoms with Crippen LogP contribution in [-0.2, 0) is 0 Å². The molecule has 1 aliphatic rings. The summed E-state index contributed by atoms with van der Waals surface area (Å²) in [5.74, 6) is 1.71. The van der Waals surface area contributed by atoms with Crippen molar-refractivity contribution in [3.05, 3.63) is 29.8 Å². The van der Waals surface area contributed by atoms with E-state index in [1.807, 2.05) is 6.92 Å². The van der Waals surface area contributed by atoms with Crippen molar-refractivity contribution >= 4 is 0 Å². The maximum atomic E-state index is 5.46. The molecule has 2 rings (SSSR count). The number of benzene rings is 1. The van der Waals surface area contributed by atoms with Crippen LogP contribution in [0.15, 0.2) is 24.3 Å². The normalized spacial score (nSPS) is 21.4. The van der Waals surface area contributed by atoms with E-state index in [1.165, 1.54) is 31.4 Å². The van der Waals surface area contributed by atoms with Crippen LogP contribution in [0, 0.1) is 0 Å². The molecule has 0 bridgehead atoms. The van der Waals surface area contributed by atoms with Gasteiger partial charge in [-0.25, -0.2) is 0 Å². The molecule has 0 amide bonds. The Kier molecular flexibility index (Phi) is 4.23. The highest BCUT2D eigenvalue weighted by molar-refractivity contribution is 5.29. The first-order valence-corrected chi connectivity index (χ1v) is 6.33. The molecule has 0 radical (unpaired) electrons. The molecule has 88 valence electrons. The van der Waals surface area contributed by atoms with Gasteiger partial charge in [0.05, 0.1) is 6.61 Å². The quantitative estimate of drug-likeness (QED) is 0.844. The summed E-state index contributed by atoms with van der Waals surface area (Å²) in [6, 6.07) is 8.64. The van der Waals surface area contributed by atoms with E-state index < -0.39 is 0 Å². The van der Waals surface area contributed by atoms with E-state index in [9.17, 15) is 0 Å². The lowest BCUT2D eigenvalue weighted by Crippen LogP contribution is -2.13. The van der Waals surface area contributed by atoms with E-state index in [2.05, 4.69) is 29.6 Å². The molecule has 1 aliphatic heterocycles. The maximum Gasteiger partial charge on any atom is 0.119 e. The smallest absolute Gasteiger partial charge is 0.119 e. The van der Waals surface area contributed by atoms with Crippen LogP contribution in [0.4, 0.5) is 0 Å². The van der Waals surface area contributed by atoms with Gasteiger partial charge in [-0.3, -0.25) is 0 Å². The highest BCUT2D eigenvalue weighted by Gasteiger charge is 2.13. The minimum atomic E-state index is 0.727. The lowest BCUT2D eigenvalue weighted by molar-refractivity contribution is 0.340. The average molecular weight is 219 g/mol. The van der Waals surface area contributed by atoms with Crippen molar-refractivity contribution < 1.29 is 4.74 Å². The highest BCUT2D eigenvalue weighted by atomic mass is 16.5. The Morgan fingerprint density at radius 1 is 1.19 bits per heavy atom. The molecule has 1 unspecified atom stereocenters. The van der Waals surface area contributed by atoms with Gasteiger partial charge >= 0.3 is 0 Å². The molecular formula is C14H21NO. The highest BCUT2D eigenvalue weighted by Crippen LogP contribution is 2.27. The Hall–Kier alpha value is -1.02. The number of nitrogens with one attached hydrogen (secondary N) is 1. The third-order valence-electron chi connectivity index (χ3n) is 3.24. The fraction of sp³-hybridized carbons (Fsp3) is 0.571. The fourth-order valence-electron chi connectivity index (χ4n) is 2.36. The van der Waals surface area contributed by atoms with Crippen LogP contribution in [0.25, 0.3) is 0 Å². The van der Waals surface area contributed by atoms with Crippen molar-refractivity contribution in [3.8, 4) is 5.75 Å². The SMILES string of the molecule is CCOc1ccc(C2CCCNCC2)cc1. The van der Waals surface area contributed by atoms with Crippen molar-refractivity contribution in [1.29, 1.82) is 0 Å². The topological polar surface area (TPSA) is 21.3 Å². The lowest BCUT2D eigenvalue weighted by Gasteiger charge is -2.14. The second kappa shape index (κ2) is 5.90. The summed E-state index contributed by atoms with van der Waals surface area (Å²) in [5.41, 5.74) is 1.46. The van der Waals surface area contributed by atoms with E-state index in [0.717, 1.165) is 24.8 Å². The van der Waals surface area contributed by atoms with Crippen LogP contribution in [0.3, 0.4) is 0 Å². The Morgan fingerprint density at radius 2 is 2.00 bits per heavy atom. The minimum Gasteiger partial charge on any atom is -0.494 e. The first kappa shape index (κ1) is 11.5. The fourth-order valence-corrected chi connectivity index (χ4v) is 2.36. The van der Waals surface area contributed by atoms with Crippen molar-refractivity contribution in [2.75, 3.05) is 19.7 Å². The summed E-state index contributed by atoms with van der Waals surface area (Å²) < 4.78 is 5.46. The zero-order valence-electron chi connectivity index (χ0n) is 10.0. The molecule has 1 atom stereocenters. The van der Waals surface area contributed by atoms with Crippen LogP contribution in [0.1, 0.15) is 37.7 Å². The molecule has 1 aromatic rings.